The number of hydrogen-bond acceptors (Lipinski definition) is 5. The van der Waals surface area contributed by atoms with Gasteiger partial charge in [0, 0.05) is 5.39 Å². The first kappa shape index (κ1) is 25.5. The Morgan fingerprint density at radius 1 is 1.03 bits per heavy atom. The summed E-state index contributed by atoms with van der Waals surface area (Å²) in [6.45, 7) is -1.10. The Kier molecular flexibility index (Phi) is 8.16. The first-order valence-electron chi connectivity index (χ1n) is 10.4. The summed E-state index contributed by atoms with van der Waals surface area (Å²) in [7, 11) is 0. The highest BCUT2D eigenvalue weighted by Crippen LogP contribution is 2.38. The van der Waals surface area contributed by atoms with Crippen molar-refractivity contribution in [3.8, 4) is 0 Å². The van der Waals surface area contributed by atoms with Gasteiger partial charge in [-0.25, -0.2) is 4.98 Å². The molecule has 0 radical (unpaired) electrons. The van der Waals surface area contributed by atoms with E-state index >= 15 is 0 Å². The molecule has 1 aromatic heterocycles. The summed E-state index contributed by atoms with van der Waals surface area (Å²) < 4.78 is 41.2. The molecular formula is C24H24F3N3O3S. The molecule has 2 atom stereocenters. The summed E-state index contributed by atoms with van der Waals surface area (Å²) in [6, 6.07) is 15.8. The van der Waals surface area contributed by atoms with Gasteiger partial charge in [0.2, 0.25) is 11.5 Å². The Labute approximate surface area is 199 Å². The lowest BCUT2D eigenvalue weighted by Crippen LogP contribution is -2.54. The van der Waals surface area contributed by atoms with Crippen LogP contribution in [0.15, 0.2) is 66.7 Å². The summed E-state index contributed by atoms with van der Waals surface area (Å²) in [5.74, 6) is -0.978. The van der Waals surface area contributed by atoms with E-state index in [1.165, 1.54) is 36.0 Å². The van der Waals surface area contributed by atoms with Crippen molar-refractivity contribution < 1.29 is 27.9 Å². The fourth-order valence-corrected chi connectivity index (χ4v) is 3.82. The SMILES string of the molecule is CSCCC(NC(=O)c1ccc2ccccc2n1)C(=O)NCC(O)(c1ccccc1)C(F)(F)F. The number of nitrogens with zero attached hydrogens (tertiary/aromatic N) is 1. The number of aliphatic hydroxyl groups is 1. The lowest BCUT2D eigenvalue weighted by Gasteiger charge is -2.31. The number of pyridine rings is 1. The average molecular weight is 492 g/mol. The van der Waals surface area contributed by atoms with Gasteiger partial charge in [0.1, 0.15) is 11.7 Å². The predicted octanol–water partition coefficient (Wildman–Crippen LogP) is 3.65. The van der Waals surface area contributed by atoms with Gasteiger partial charge >= 0.3 is 6.18 Å². The minimum absolute atomic E-state index is 0.0803. The summed E-state index contributed by atoms with van der Waals surface area (Å²) in [4.78, 5) is 29.8. The first-order chi connectivity index (χ1) is 16.2. The summed E-state index contributed by atoms with van der Waals surface area (Å²) in [5, 5.41) is 16.0. The third-order valence-corrected chi connectivity index (χ3v) is 5.95. The molecule has 2 amide bonds. The van der Waals surface area contributed by atoms with Crippen molar-refractivity contribution in [1.82, 2.24) is 15.6 Å². The zero-order valence-corrected chi connectivity index (χ0v) is 19.1. The maximum Gasteiger partial charge on any atom is 0.423 e. The number of halogens is 3. The molecule has 0 bridgehead atoms. The maximum atomic E-state index is 13.7. The number of nitrogens with one attached hydrogen (secondary N) is 2. The molecular weight excluding hydrogens is 467 g/mol. The third kappa shape index (κ3) is 5.87. The monoisotopic (exact) mass is 491 g/mol. The molecule has 1 heterocycles. The van der Waals surface area contributed by atoms with Gasteiger partial charge in [-0.3, -0.25) is 9.59 Å². The second-order valence-electron chi connectivity index (χ2n) is 7.64. The molecule has 34 heavy (non-hydrogen) atoms. The van der Waals surface area contributed by atoms with E-state index in [0.717, 1.165) is 17.5 Å². The molecule has 0 aliphatic rings. The lowest BCUT2D eigenvalue weighted by molar-refractivity contribution is -0.264. The van der Waals surface area contributed by atoms with Crippen molar-refractivity contribution >= 4 is 34.5 Å². The number of thioether (sulfide) groups is 1. The highest BCUT2D eigenvalue weighted by Gasteiger charge is 2.55. The molecule has 6 nitrogen and oxygen atoms in total. The molecule has 2 unspecified atom stereocenters. The van der Waals surface area contributed by atoms with Crippen molar-refractivity contribution in [2.75, 3.05) is 18.6 Å². The van der Waals surface area contributed by atoms with Crippen LogP contribution in [-0.4, -0.2) is 52.7 Å². The highest BCUT2D eigenvalue weighted by atomic mass is 32.2. The van der Waals surface area contributed by atoms with Crippen LogP contribution in [0.5, 0.6) is 0 Å². The number of benzene rings is 2. The van der Waals surface area contributed by atoms with Gasteiger partial charge in [0.25, 0.3) is 5.91 Å². The molecule has 10 heteroatoms. The van der Waals surface area contributed by atoms with Crippen molar-refractivity contribution in [3.63, 3.8) is 0 Å². The van der Waals surface area contributed by atoms with Crippen molar-refractivity contribution in [1.29, 1.82) is 0 Å². The van der Waals surface area contributed by atoms with E-state index < -0.39 is 41.7 Å². The average Bonchev–Trinajstić information content (AvgIpc) is 2.84. The minimum atomic E-state index is -5.03. The van der Waals surface area contributed by atoms with Gasteiger partial charge < -0.3 is 15.7 Å². The number of carbonyl (C=O) groups excluding carboxylic acids is 2. The largest absolute Gasteiger partial charge is 0.423 e. The Morgan fingerprint density at radius 3 is 2.38 bits per heavy atom. The van der Waals surface area contributed by atoms with E-state index in [9.17, 15) is 27.9 Å². The normalized spacial score (nSPS) is 14.3. The van der Waals surface area contributed by atoms with Gasteiger partial charge in [0.15, 0.2) is 0 Å². The highest BCUT2D eigenvalue weighted by molar-refractivity contribution is 7.98. The molecule has 3 aromatic rings. The summed E-state index contributed by atoms with van der Waals surface area (Å²) >= 11 is 1.42. The Morgan fingerprint density at radius 2 is 1.71 bits per heavy atom. The molecule has 0 fully saturated rings. The third-order valence-electron chi connectivity index (χ3n) is 5.30. The smallest absolute Gasteiger partial charge is 0.375 e. The molecule has 180 valence electrons. The second kappa shape index (κ2) is 10.9. The van der Waals surface area contributed by atoms with Crippen LogP contribution in [0.1, 0.15) is 22.5 Å². The van der Waals surface area contributed by atoms with Crippen molar-refractivity contribution in [2.24, 2.45) is 0 Å². The first-order valence-corrected chi connectivity index (χ1v) is 11.8. The zero-order valence-electron chi connectivity index (χ0n) is 18.3. The molecule has 0 saturated heterocycles. The number of fused-ring (bicyclic) bond motifs is 1. The van der Waals surface area contributed by atoms with Crippen molar-refractivity contribution in [2.45, 2.75) is 24.2 Å². The van der Waals surface area contributed by atoms with E-state index in [1.807, 2.05) is 12.1 Å². The van der Waals surface area contributed by atoms with Crippen LogP contribution in [0.3, 0.4) is 0 Å². The van der Waals surface area contributed by atoms with E-state index in [-0.39, 0.29) is 12.1 Å². The van der Waals surface area contributed by atoms with E-state index in [4.69, 9.17) is 0 Å². The van der Waals surface area contributed by atoms with Crippen LogP contribution in [0.2, 0.25) is 0 Å². The summed E-state index contributed by atoms with van der Waals surface area (Å²) in [6.07, 6.45) is -3.05. The topological polar surface area (TPSA) is 91.3 Å². The number of aromatic nitrogens is 1. The molecule has 0 spiro atoms. The van der Waals surface area contributed by atoms with Crippen LogP contribution in [0.4, 0.5) is 13.2 Å². The Hall–Kier alpha value is -3.11. The zero-order chi connectivity index (χ0) is 24.8. The number of amides is 2. The maximum absolute atomic E-state index is 13.7. The number of hydrogen-bond donors (Lipinski definition) is 3. The van der Waals surface area contributed by atoms with E-state index in [0.29, 0.717) is 11.3 Å². The molecule has 0 aliphatic carbocycles. The Bertz CT molecular complexity index is 1140. The standard InChI is InChI=1S/C24H24F3N3O3S/c1-34-14-13-20(30-22(32)19-12-11-16-7-5-6-10-18(16)29-19)21(31)28-15-23(33,24(25,26)27)17-8-3-2-4-9-17/h2-12,20,33H,13-15H2,1H3,(H,28,31)(H,30,32). The van der Waals surface area contributed by atoms with Crippen LogP contribution in [0, 0.1) is 0 Å². The van der Waals surface area contributed by atoms with Gasteiger partial charge in [0.05, 0.1) is 12.1 Å². The molecule has 0 saturated carbocycles. The van der Waals surface area contributed by atoms with E-state index in [2.05, 4.69) is 15.6 Å². The van der Waals surface area contributed by atoms with Gasteiger partial charge in [-0.05, 0) is 36.1 Å². The molecule has 2 aromatic carbocycles. The van der Waals surface area contributed by atoms with Gasteiger partial charge in [-0.2, -0.15) is 24.9 Å². The van der Waals surface area contributed by atoms with Crippen LogP contribution >= 0.6 is 11.8 Å². The quantitative estimate of drug-likeness (QED) is 0.425. The fraction of sp³-hybridized carbons (Fsp3) is 0.292. The predicted molar refractivity (Wildman–Crippen MR) is 125 cm³/mol. The number of carbonyl (C=O) groups is 2. The Balaban J connectivity index is 1.75. The molecule has 3 N–H and O–H groups in total. The minimum Gasteiger partial charge on any atom is -0.375 e. The number of para-hydroxylation sites is 1. The fourth-order valence-electron chi connectivity index (χ4n) is 3.35. The van der Waals surface area contributed by atoms with Crippen LogP contribution in [0.25, 0.3) is 10.9 Å². The number of alkyl halides is 3. The lowest BCUT2D eigenvalue weighted by atomic mass is 9.93. The van der Waals surface area contributed by atoms with Crippen molar-refractivity contribution in [3.05, 3.63) is 78.0 Å². The molecule has 0 aliphatic heterocycles. The van der Waals surface area contributed by atoms with E-state index in [1.54, 1.807) is 24.5 Å². The number of rotatable bonds is 9. The van der Waals surface area contributed by atoms with Gasteiger partial charge in [-0.1, -0.05) is 54.6 Å². The van der Waals surface area contributed by atoms with Gasteiger partial charge in [-0.15, -0.1) is 0 Å². The molecule has 3 rings (SSSR count). The summed E-state index contributed by atoms with van der Waals surface area (Å²) in [5.41, 5.74) is -3.00. The second-order valence-corrected chi connectivity index (χ2v) is 8.62. The van der Waals surface area contributed by atoms with Crippen LogP contribution < -0.4 is 10.6 Å². The van der Waals surface area contributed by atoms with Crippen LogP contribution in [-0.2, 0) is 10.4 Å².